The van der Waals surface area contributed by atoms with Gasteiger partial charge in [-0.1, -0.05) is 6.07 Å². The van der Waals surface area contributed by atoms with E-state index in [-0.39, 0.29) is 5.91 Å². The van der Waals surface area contributed by atoms with E-state index in [4.69, 9.17) is 9.47 Å². The number of amides is 1. The van der Waals surface area contributed by atoms with Crippen molar-refractivity contribution in [3.05, 3.63) is 47.0 Å². The normalized spacial score (nSPS) is 10.4. The molecule has 134 valence electrons. The number of rotatable bonds is 7. The van der Waals surface area contributed by atoms with Gasteiger partial charge >= 0.3 is 0 Å². The van der Waals surface area contributed by atoms with Crippen LogP contribution in [-0.2, 0) is 4.79 Å². The number of benzene rings is 2. The predicted molar refractivity (Wildman–Crippen MR) is 104 cm³/mol. The zero-order valence-electron chi connectivity index (χ0n) is 15.4. The lowest BCUT2D eigenvalue weighted by Crippen LogP contribution is -2.13. The van der Waals surface area contributed by atoms with Crippen LogP contribution in [0.1, 0.15) is 23.1 Å². The van der Waals surface area contributed by atoms with Gasteiger partial charge in [0.15, 0.2) is 11.5 Å². The van der Waals surface area contributed by atoms with Crippen LogP contribution in [0.2, 0.25) is 0 Å². The van der Waals surface area contributed by atoms with Crippen LogP contribution in [0.4, 0.5) is 5.69 Å². The van der Waals surface area contributed by atoms with Crippen LogP contribution < -0.4 is 14.8 Å². The highest BCUT2D eigenvalue weighted by molar-refractivity contribution is 7.99. The molecule has 0 bridgehead atoms. The van der Waals surface area contributed by atoms with Gasteiger partial charge in [-0.15, -0.1) is 11.8 Å². The van der Waals surface area contributed by atoms with Gasteiger partial charge in [0.1, 0.15) is 0 Å². The summed E-state index contributed by atoms with van der Waals surface area (Å²) in [7, 11) is 3.18. The topological polar surface area (TPSA) is 47.6 Å². The molecule has 0 saturated heterocycles. The second-order valence-electron chi connectivity index (χ2n) is 5.91. The van der Waals surface area contributed by atoms with Gasteiger partial charge in [0.2, 0.25) is 5.91 Å². The Labute approximate surface area is 153 Å². The Hall–Kier alpha value is -2.14. The first kappa shape index (κ1) is 19.2. The van der Waals surface area contributed by atoms with E-state index in [0.29, 0.717) is 17.9 Å². The molecule has 0 spiro atoms. The second kappa shape index (κ2) is 8.81. The highest BCUT2D eigenvalue weighted by atomic mass is 32.2. The summed E-state index contributed by atoms with van der Waals surface area (Å²) in [6.07, 6.45) is 0.450. The summed E-state index contributed by atoms with van der Waals surface area (Å²) in [5, 5.41) is 2.96. The SMILES string of the molecule is COc1cc(C)c(NC(=O)CCSc2ccc(C)c(C)c2)cc1OC. The molecule has 0 radical (unpaired) electrons. The molecule has 2 rings (SSSR count). The number of methoxy groups -OCH3 is 2. The smallest absolute Gasteiger partial charge is 0.225 e. The van der Waals surface area contributed by atoms with Crippen LogP contribution in [0.3, 0.4) is 0 Å². The Morgan fingerprint density at radius 1 is 0.960 bits per heavy atom. The summed E-state index contributed by atoms with van der Waals surface area (Å²) >= 11 is 1.69. The van der Waals surface area contributed by atoms with Crippen LogP contribution in [0, 0.1) is 20.8 Å². The van der Waals surface area contributed by atoms with Crippen molar-refractivity contribution in [2.75, 3.05) is 25.3 Å². The first-order valence-corrected chi connectivity index (χ1v) is 9.15. The lowest BCUT2D eigenvalue weighted by Gasteiger charge is -2.13. The van der Waals surface area contributed by atoms with E-state index in [0.717, 1.165) is 17.0 Å². The fraction of sp³-hybridized carbons (Fsp3) is 0.350. The lowest BCUT2D eigenvalue weighted by molar-refractivity contribution is -0.115. The molecule has 1 N–H and O–H groups in total. The third-order valence-electron chi connectivity index (χ3n) is 4.08. The van der Waals surface area contributed by atoms with Crippen molar-refractivity contribution in [1.82, 2.24) is 0 Å². The quantitative estimate of drug-likeness (QED) is 0.725. The highest BCUT2D eigenvalue weighted by Gasteiger charge is 2.11. The Kier molecular flexibility index (Phi) is 6.76. The van der Waals surface area contributed by atoms with Gasteiger partial charge in [-0.2, -0.15) is 0 Å². The van der Waals surface area contributed by atoms with Crippen molar-refractivity contribution >= 4 is 23.4 Å². The molecule has 25 heavy (non-hydrogen) atoms. The van der Waals surface area contributed by atoms with Crippen LogP contribution in [0.15, 0.2) is 35.2 Å². The molecule has 2 aromatic rings. The summed E-state index contributed by atoms with van der Waals surface area (Å²) in [5.41, 5.74) is 4.24. The average Bonchev–Trinajstić information content (AvgIpc) is 2.59. The van der Waals surface area contributed by atoms with Crippen molar-refractivity contribution in [2.45, 2.75) is 32.1 Å². The van der Waals surface area contributed by atoms with Gasteiger partial charge in [-0.3, -0.25) is 4.79 Å². The summed E-state index contributed by atoms with van der Waals surface area (Å²) in [5.74, 6) is 1.99. The van der Waals surface area contributed by atoms with Gasteiger partial charge in [-0.05, 0) is 55.7 Å². The van der Waals surface area contributed by atoms with Crippen molar-refractivity contribution < 1.29 is 14.3 Å². The molecule has 0 unspecified atom stereocenters. The molecule has 1 amide bonds. The molecular formula is C20H25NO3S. The molecule has 0 saturated carbocycles. The van der Waals surface area contributed by atoms with Crippen LogP contribution in [0.25, 0.3) is 0 Å². The number of aryl methyl sites for hydroxylation is 3. The maximum Gasteiger partial charge on any atom is 0.225 e. The van der Waals surface area contributed by atoms with Gasteiger partial charge < -0.3 is 14.8 Å². The van der Waals surface area contributed by atoms with Crippen LogP contribution in [0.5, 0.6) is 11.5 Å². The third kappa shape index (κ3) is 5.16. The van der Waals surface area contributed by atoms with Crippen molar-refractivity contribution in [1.29, 1.82) is 0 Å². The van der Waals surface area contributed by atoms with Gasteiger partial charge in [0.05, 0.1) is 14.2 Å². The summed E-state index contributed by atoms with van der Waals surface area (Å²) in [4.78, 5) is 13.4. The molecular weight excluding hydrogens is 334 g/mol. The molecule has 0 aliphatic carbocycles. The van der Waals surface area contributed by atoms with Crippen molar-refractivity contribution in [2.24, 2.45) is 0 Å². The number of thioether (sulfide) groups is 1. The Morgan fingerprint density at radius 3 is 2.28 bits per heavy atom. The third-order valence-corrected chi connectivity index (χ3v) is 5.08. The number of nitrogens with one attached hydrogen (secondary N) is 1. The zero-order chi connectivity index (χ0) is 18.4. The average molecular weight is 359 g/mol. The molecule has 0 heterocycles. The maximum atomic E-state index is 12.2. The number of anilines is 1. The first-order chi connectivity index (χ1) is 11.9. The number of carbonyl (C=O) groups excluding carboxylic acids is 1. The fourth-order valence-corrected chi connectivity index (χ4v) is 3.34. The van der Waals surface area contributed by atoms with E-state index in [9.17, 15) is 4.79 Å². The van der Waals surface area contributed by atoms with E-state index in [1.165, 1.54) is 16.0 Å². The minimum atomic E-state index is -0.00773. The Morgan fingerprint density at radius 2 is 1.64 bits per heavy atom. The number of hydrogen-bond donors (Lipinski definition) is 1. The molecule has 0 aromatic heterocycles. The molecule has 0 aliphatic heterocycles. The summed E-state index contributed by atoms with van der Waals surface area (Å²) in [6, 6.07) is 10.0. The minimum Gasteiger partial charge on any atom is -0.493 e. The molecule has 5 heteroatoms. The second-order valence-corrected chi connectivity index (χ2v) is 7.08. The van der Waals surface area contributed by atoms with E-state index in [1.807, 2.05) is 13.0 Å². The van der Waals surface area contributed by atoms with E-state index in [2.05, 4.69) is 37.4 Å². The molecule has 0 atom stereocenters. The minimum absolute atomic E-state index is 0.00773. The van der Waals surface area contributed by atoms with Gasteiger partial charge in [0, 0.05) is 28.8 Å². The monoisotopic (exact) mass is 359 g/mol. The summed E-state index contributed by atoms with van der Waals surface area (Å²) in [6.45, 7) is 6.13. The van der Waals surface area contributed by atoms with Crippen LogP contribution in [-0.4, -0.2) is 25.9 Å². The van der Waals surface area contributed by atoms with E-state index < -0.39 is 0 Å². The molecule has 0 aliphatic rings. The maximum absolute atomic E-state index is 12.2. The van der Waals surface area contributed by atoms with Gasteiger partial charge in [0.25, 0.3) is 0 Å². The number of carbonyl (C=O) groups is 1. The molecule has 2 aromatic carbocycles. The van der Waals surface area contributed by atoms with Crippen molar-refractivity contribution in [3.8, 4) is 11.5 Å². The van der Waals surface area contributed by atoms with Crippen LogP contribution >= 0.6 is 11.8 Å². The Balaban J connectivity index is 1.92. The molecule has 4 nitrogen and oxygen atoms in total. The lowest BCUT2D eigenvalue weighted by atomic mass is 10.1. The standard InChI is InChI=1S/C20H25NO3S/c1-13-6-7-16(10-14(13)2)25-9-8-20(22)21-17-12-19(24-5)18(23-4)11-15(17)3/h6-7,10-12H,8-9H2,1-5H3,(H,21,22). The predicted octanol–water partition coefficient (Wildman–Crippen LogP) is 4.75. The van der Waals surface area contributed by atoms with Crippen molar-refractivity contribution in [3.63, 3.8) is 0 Å². The van der Waals surface area contributed by atoms with Gasteiger partial charge in [-0.25, -0.2) is 0 Å². The largest absolute Gasteiger partial charge is 0.493 e. The number of ether oxygens (including phenoxy) is 2. The fourth-order valence-electron chi connectivity index (χ4n) is 2.39. The highest BCUT2D eigenvalue weighted by Crippen LogP contribution is 2.33. The first-order valence-electron chi connectivity index (χ1n) is 8.17. The molecule has 0 fully saturated rings. The number of hydrogen-bond acceptors (Lipinski definition) is 4. The van der Waals surface area contributed by atoms with E-state index >= 15 is 0 Å². The Bertz CT molecular complexity index is 759. The summed E-state index contributed by atoms with van der Waals surface area (Å²) < 4.78 is 10.6. The van der Waals surface area contributed by atoms with E-state index in [1.54, 1.807) is 32.0 Å². The zero-order valence-corrected chi connectivity index (χ0v) is 16.3.